The third-order valence-corrected chi connectivity index (χ3v) is 14.7. The number of hydrogen-bond donors (Lipinski definition) is 0. The first kappa shape index (κ1) is 16.5. The van der Waals surface area contributed by atoms with Crippen LogP contribution in [0.5, 0.6) is 0 Å². The highest BCUT2D eigenvalue weighted by Crippen LogP contribution is 2.61. The number of benzene rings is 1. The van der Waals surface area contributed by atoms with Gasteiger partial charge in [-0.3, -0.25) is 0 Å². The van der Waals surface area contributed by atoms with E-state index in [2.05, 4.69) is 63.3 Å². The second-order valence-corrected chi connectivity index (χ2v) is 15.0. The van der Waals surface area contributed by atoms with Gasteiger partial charge in [0, 0.05) is 20.0 Å². The SMILES string of the molecule is CC1CC[C@H](C)P1c1sc2ccccc2c1P1C(C)CC[C@@H]1C. The van der Waals surface area contributed by atoms with E-state index in [0.29, 0.717) is 0 Å². The highest BCUT2D eigenvalue weighted by molar-refractivity contribution is 7.79. The van der Waals surface area contributed by atoms with Gasteiger partial charge in [0.25, 0.3) is 0 Å². The van der Waals surface area contributed by atoms with Crippen molar-refractivity contribution >= 4 is 47.2 Å². The lowest BCUT2D eigenvalue weighted by atomic mass is 10.2. The molecule has 0 aliphatic carbocycles. The smallest absolute Gasteiger partial charge is 0.0372 e. The number of hydrogen-bond acceptors (Lipinski definition) is 1. The third-order valence-electron chi connectivity index (χ3n) is 5.95. The Hall–Kier alpha value is 0.0400. The van der Waals surface area contributed by atoms with Crippen LogP contribution in [0.15, 0.2) is 24.3 Å². The van der Waals surface area contributed by atoms with E-state index >= 15 is 0 Å². The first-order valence-corrected chi connectivity index (χ1v) is 12.9. The molecule has 0 spiro atoms. The summed E-state index contributed by atoms with van der Waals surface area (Å²) < 4.78 is 3.41. The van der Waals surface area contributed by atoms with Crippen molar-refractivity contribution in [2.24, 2.45) is 0 Å². The lowest BCUT2D eigenvalue weighted by molar-refractivity contribution is 0.777. The van der Waals surface area contributed by atoms with Gasteiger partial charge in [-0.05, 0) is 54.4 Å². The van der Waals surface area contributed by atoms with Gasteiger partial charge < -0.3 is 0 Å². The Balaban J connectivity index is 1.92. The molecule has 3 heteroatoms. The zero-order chi connectivity index (χ0) is 16.1. The van der Waals surface area contributed by atoms with Crippen LogP contribution in [0.4, 0.5) is 0 Å². The molecule has 0 amide bonds. The zero-order valence-electron chi connectivity index (χ0n) is 14.7. The molecule has 2 fully saturated rings. The molecule has 1 aromatic carbocycles. The van der Waals surface area contributed by atoms with Crippen molar-refractivity contribution in [1.82, 2.24) is 0 Å². The zero-order valence-corrected chi connectivity index (χ0v) is 17.4. The molecule has 3 heterocycles. The van der Waals surface area contributed by atoms with Gasteiger partial charge in [-0.25, -0.2) is 0 Å². The molecule has 4 rings (SSSR count). The molecule has 2 saturated heterocycles. The van der Waals surface area contributed by atoms with Crippen LogP contribution in [0.2, 0.25) is 0 Å². The number of rotatable bonds is 2. The number of fused-ring (bicyclic) bond motifs is 1. The van der Waals surface area contributed by atoms with Crippen molar-refractivity contribution in [3.05, 3.63) is 24.3 Å². The van der Waals surface area contributed by atoms with E-state index in [-0.39, 0.29) is 15.8 Å². The standard InChI is InChI=1S/C20H28P2S/c1-13-9-10-14(2)21(13)19-17-7-5-6-8-18(17)23-20(19)22-15(3)11-12-16(22)4/h5-8,13-16H,9-12H2,1-4H3/t13-,14?,15-,16?,21?,22?/m0/s1. The van der Waals surface area contributed by atoms with E-state index in [9.17, 15) is 0 Å². The lowest BCUT2D eigenvalue weighted by Gasteiger charge is -2.27. The topological polar surface area (TPSA) is 0 Å². The van der Waals surface area contributed by atoms with Gasteiger partial charge in [-0.2, -0.15) is 0 Å². The van der Waals surface area contributed by atoms with Crippen LogP contribution in [0.3, 0.4) is 0 Å². The summed E-state index contributed by atoms with van der Waals surface area (Å²) in [7, 11) is 0.0764. The Labute approximate surface area is 147 Å². The first-order chi connectivity index (χ1) is 11.1. The highest BCUT2D eigenvalue weighted by atomic mass is 32.1. The summed E-state index contributed by atoms with van der Waals surface area (Å²) in [5, 5.41) is 3.47. The van der Waals surface area contributed by atoms with Crippen molar-refractivity contribution in [3.8, 4) is 0 Å². The average Bonchev–Trinajstić information content (AvgIpc) is 3.16. The van der Waals surface area contributed by atoms with E-state index in [1.165, 1.54) is 25.7 Å². The van der Waals surface area contributed by atoms with Gasteiger partial charge in [0.15, 0.2) is 0 Å². The van der Waals surface area contributed by atoms with Gasteiger partial charge in [0.05, 0.1) is 0 Å². The van der Waals surface area contributed by atoms with E-state index in [1.807, 2.05) is 9.92 Å². The fraction of sp³-hybridized carbons (Fsp3) is 0.600. The van der Waals surface area contributed by atoms with Crippen molar-refractivity contribution < 1.29 is 0 Å². The molecular weight excluding hydrogens is 334 g/mol. The molecule has 4 unspecified atom stereocenters. The molecule has 0 nitrogen and oxygen atoms in total. The van der Waals surface area contributed by atoms with Gasteiger partial charge in [-0.15, -0.1) is 11.3 Å². The van der Waals surface area contributed by atoms with E-state index in [1.54, 1.807) is 10.1 Å². The van der Waals surface area contributed by atoms with Crippen LogP contribution in [0.25, 0.3) is 10.1 Å². The maximum atomic E-state index is 2.53. The van der Waals surface area contributed by atoms with Crippen molar-refractivity contribution in [1.29, 1.82) is 0 Å². The molecule has 2 aromatic rings. The average molecular weight is 362 g/mol. The molecule has 0 saturated carbocycles. The quantitative estimate of drug-likeness (QED) is 0.553. The summed E-state index contributed by atoms with van der Waals surface area (Å²) in [5.41, 5.74) is 3.69. The largest absolute Gasteiger partial charge is 0.135 e. The Morgan fingerprint density at radius 1 is 0.783 bits per heavy atom. The van der Waals surface area contributed by atoms with E-state index in [4.69, 9.17) is 0 Å². The molecule has 0 bridgehead atoms. The number of thiophene rings is 1. The first-order valence-electron chi connectivity index (χ1n) is 9.16. The molecule has 23 heavy (non-hydrogen) atoms. The molecule has 124 valence electrons. The molecular formula is C20H28P2S. The van der Waals surface area contributed by atoms with Gasteiger partial charge >= 0.3 is 0 Å². The normalized spacial score (nSPS) is 37.7. The minimum absolute atomic E-state index is 0.0262. The predicted molar refractivity (Wildman–Crippen MR) is 111 cm³/mol. The van der Waals surface area contributed by atoms with Gasteiger partial charge in [0.1, 0.15) is 0 Å². The molecule has 0 radical (unpaired) electrons. The summed E-state index contributed by atoms with van der Waals surface area (Å²) >= 11 is 2.16. The summed E-state index contributed by atoms with van der Waals surface area (Å²) in [6, 6.07) is 9.29. The molecule has 0 N–H and O–H groups in total. The predicted octanol–water partition coefficient (Wildman–Crippen LogP) is 6.26. The Morgan fingerprint density at radius 3 is 1.91 bits per heavy atom. The van der Waals surface area contributed by atoms with Crippen LogP contribution in [0, 0.1) is 0 Å². The van der Waals surface area contributed by atoms with Crippen molar-refractivity contribution in [2.45, 2.75) is 76.0 Å². The van der Waals surface area contributed by atoms with Crippen molar-refractivity contribution in [2.75, 3.05) is 0 Å². The third kappa shape index (κ3) is 2.72. The van der Waals surface area contributed by atoms with Gasteiger partial charge in [-0.1, -0.05) is 61.7 Å². The summed E-state index contributed by atoms with van der Waals surface area (Å²) in [6.45, 7) is 10.1. The Bertz CT molecular complexity index is 687. The van der Waals surface area contributed by atoms with Crippen LogP contribution >= 0.6 is 27.2 Å². The maximum Gasteiger partial charge on any atom is 0.0372 e. The fourth-order valence-electron chi connectivity index (χ4n) is 4.67. The summed E-state index contributed by atoms with van der Waals surface area (Å²) in [5.74, 6) is 0. The Morgan fingerprint density at radius 2 is 1.30 bits per heavy atom. The maximum absolute atomic E-state index is 2.53. The second-order valence-electron chi connectivity index (χ2n) is 7.62. The van der Waals surface area contributed by atoms with Crippen LogP contribution < -0.4 is 9.92 Å². The molecule has 1 aromatic heterocycles. The van der Waals surface area contributed by atoms with Crippen LogP contribution in [-0.2, 0) is 0 Å². The van der Waals surface area contributed by atoms with Crippen LogP contribution in [0.1, 0.15) is 53.4 Å². The molecule has 2 aliphatic rings. The van der Waals surface area contributed by atoms with Crippen molar-refractivity contribution in [3.63, 3.8) is 0 Å². The summed E-state index contributed by atoms with van der Waals surface area (Å²) in [6.07, 6.45) is 5.78. The minimum Gasteiger partial charge on any atom is -0.135 e. The van der Waals surface area contributed by atoms with E-state index < -0.39 is 0 Å². The molecule has 6 atom stereocenters. The monoisotopic (exact) mass is 362 g/mol. The summed E-state index contributed by atoms with van der Waals surface area (Å²) in [4.78, 5) is 0. The fourth-order valence-corrected chi connectivity index (χ4v) is 14.7. The minimum atomic E-state index is 0.0262. The Kier molecular flexibility index (Phi) is 4.59. The van der Waals surface area contributed by atoms with E-state index in [0.717, 1.165) is 22.6 Å². The highest BCUT2D eigenvalue weighted by Gasteiger charge is 2.39. The van der Waals surface area contributed by atoms with Gasteiger partial charge in [0.2, 0.25) is 0 Å². The van der Waals surface area contributed by atoms with Crippen LogP contribution in [-0.4, -0.2) is 22.6 Å². The lowest BCUT2D eigenvalue weighted by Crippen LogP contribution is -2.25. The second kappa shape index (κ2) is 6.40. The molecule has 2 aliphatic heterocycles.